The molecule has 3 heterocycles. The fourth-order valence-electron chi connectivity index (χ4n) is 9.81. The molecule has 0 saturated carbocycles. The molecule has 3 rings (SSSR count). The number of esters is 2. The van der Waals surface area contributed by atoms with Crippen LogP contribution in [-0.2, 0) is 52.4 Å². The third-order valence-electron chi connectivity index (χ3n) is 13.8. The molecule has 17 nitrogen and oxygen atoms in total. The summed E-state index contributed by atoms with van der Waals surface area (Å²) in [7, 11) is 0. The highest BCUT2D eigenvalue weighted by atomic mass is 16.6. The number of aliphatic hydroxyl groups is 3. The van der Waals surface area contributed by atoms with E-state index < -0.39 is 41.6 Å². The first-order valence-electron chi connectivity index (χ1n) is 26.2. The minimum Gasteiger partial charge on any atom is -0.463 e. The van der Waals surface area contributed by atoms with Crippen molar-refractivity contribution in [3.63, 3.8) is 0 Å². The fourth-order valence-corrected chi connectivity index (χ4v) is 9.81. The zero-order chi connectivity index (χ0) is 49.9. The largest absolute Gasteiger partial charge is 0.463 e. The molecule has 3 aliphatic rings. The van der Waals surface area contributed by atoms with Gasteiger partial charge in [-0.2, -0.15) is 0 Å². The van der Waals surface area contributed by atoms with E-state index >= 15 is 0 Å². The zero-order valence-electron chi connectivity index (χ0n) is 42.7. The molecule has 3 amide bonds. The van der Waals surface area contributed by atoms with E-state index in [4.69, 9.17) is 28.4 Å². The minimum absolute atomic E-state index is 0.0763. The standard InChI is InChI=1S/C51H91N3O14/c1-7-41(52-23-12-20-47(52)59)18-15-27-64-36-51(34-55,37-65-28-16-19-42(8-2)53-24-13-21-48(53)60)35-63-26-11-10-17-43(54-25-14-22-49(54)61)29-38(4)50(62)67-33-45(58)32-66-39(5)30-44(57)31-46(9-3)68-40(6)56/h38-39,41-46,55,57-58H,7-37H2,1-6H3. The number of carbonyl (C=O) groups is 5. The van der Waals surface area contributed by atoms with Gasteiger partial charge in [-0.15, -0.1) is 0 Å². The summed E-state index contributed by atoms with van der Waals surface area (Å²) < 4.78 is 35.0. The van der Waals surface area contributed by atoms with Crippen molar-refractivity contribution >= 4 is 29.7 Å². The van der Waals surface area contributed by atoms with Crippen molar-refractivity contribution in [2.75, 3.05) is 79.1 Å². The van der Waals surface area contributed by atoms with Crippen LogP contribution in [-0.4, -0.2) is 181 Å². The molecule has 0 bridgehead atoms. The number of likely N-dealkylation sites (tertiary alicyclic amines) is 3. The Morgan fingerprint density at radius 1 is 0.632 bits per heavy atom. The highest BCUT2D eigenvalue weighted by Gasteiger charge is 2.34. The summed E-state index contributed by atoms with van der Waals surface area (Å²) in [4.78, 5) is 67.9. The predicted molar refractivity (Wildman–Crippen MR) is 256 cm³/mol. The maximum atomic E-state index is 13.1. The first-order valence-corrected chi connectivity index (χ1v) is 26.2. The van der Waals surface area contributed by atoms with Gasteiger partial charge in [-0.25, -0.2) is 0 Å². The molecular formula is C51H91N3O14. The molecule has 3 saturated heterocycles. The van der Waals surface area contributed by atoms with E-state index in [0.717, 1.165) is 77.3 Å². The number of rotatable bonds is 39. The Hall–Kier alpha value is -2.93. The van der Waals surface area contributed by atoms with Crippen molar-refractivity contribution in [1.82, 2.24) is 14.7 Å². The SMILES string of the molecule is CCC(CC(O)CC(C)OCC(O)COC(=O)C(C)CC(CCCCOCC(CO)(COCCCC(CC)N1CCCC1=O)COCCCC(CC)N1CCCC1=O)N1CCCC1=O)OC(C)=O. The van der Waals surface area contributed by atoms with E-state index in [1.807, 2.05) is 21.6 Å². The normalized spacial score (nSPS) is 20.0. The topological polar surface area (TPSA) is 211 Å². The second kappa shape index (κ2) is 32.9. The molecule has 0 spiro atoms. The van der Waals surface area contributed by atoms with E-state index in [1.165, 1.54) is 6.92 Å². The molecule has 8 atom stereocenters. The van der Waals surface area contributed by atoms with E-state index in [-0.39, 0.29) is 94.4 Å². The highest BCUT2D eigenvalue weighted by molar-refractivity contribution is 5.79. The van der Waals surface area contributed by atoms with Crippen molar-refractivity contribution in [2.45, 2.75) is 206 Å². The van der Waals surface area contributed by atoms with Crippen LogP contribution in [0.25, 0.3) is 0 Å². The van der Waals surface area contributed by atoms with Gasteiger partial charge < -0.3 is 58.4 Å². The summed E-state index contributed by atoms with van der Waals surface area (Å²) >= 11 is 0. The zero-order valence-corrected chi connectivity index (χ0v) is 42.7. The third-order valence-corrected chi connectivity index (χ3v) is 13.8. The van der Waals surface area contributed by atoms with Crippen molar-refractivity contribution in [3.05, 3.63) is 0 Å². The van der Waals surface area contributed by atoms with E-state index in [9.17, 15) is 39.3 Å². The van der Waals surface area contributed by atoms with Gasteiger partial charge in [0.15, 0.2) is 0 Å². The summed E-state index contributed by atoms with van der Waals surface area (Å²) in [6, 6.07) is 0.258. The van der Waals surface area contributed by atoms with Crippen LogP contribution in [0.15, 0.2) is 0 Å². The van der Waals surface area contributed by atoms with Crippen LogP contribution in [0.4, 0.5) is 0 Å². The van der Waals surface area contributed by atoms with E-state index in [1.54, 1.807) is 13.8 Å². The lowest BCUT2D eigenvalue weighted by Crippen LogP contribution is -2.41. The van der Waals surface area contributed by atoms with E-state index in [2.05, 4.69) is 13.8 Å². The first-order chi connectivity index (χ1) is 32.6. The van der Waals surface area contributed by atoms with Crippen molar-refractivity contribution in [1.29, 1.82) is 0 Å². The molecule has 8 unspecified atom stereocenters. The molecule has 3 fully saturated rings. The number of carbonyl (C=O) groups excluding carboxylic acids is 5. The van der Waals surface area contributed by atoms with Crippen molar-refractivity contribution in [3.8, 4) is 0 Å². The summed E-state index contributed by atoms with van der Waals surface area (Å²) in [5, 5.41) is 31.7. The Bertz CT molecular complexity index is 1430. The minimum atomic E-state index is -1.06. The smallest absolute Gasteiger partial charge is 0.308 e. The Morgan fingerprint density at radius 2 is 1.12 bits per heavy atom. The average molecular weight is 970 g/mol. The lowest BCUT2D eigenvalue weighted by atomic mass is 9.92. The van der Waals surface area contributed by atoms with Gasteiger partial charge >= 0.3 is 11.9 Å². The maximum Gasteiger partial charge on any atom is 0.308 e. The summed E-state index contributed by atoms with van der Waals surface area (Å²) in [5.74, 6) is -0.841. The summed E-state index contributed by atoms with van der Waals surface area (Å²) in [6.07, 6.45) is 10.5. The number of amides is 3. The highest BCUT2D eigenvalue weighted by Crippen LogP contribution is 2.26. The summed E-state index contributed by atoms with van der Waals surface area (Å²) in [5.41, 5.74) is -0.781. The number of aliphatic hydroxyl groups excluding tert-OH is 3. The first kappa shape index (κ1) is 59.4. The molecule has 0 aromatic carbocycles. The van der Waals surface area contributed by atoms with Crippen LogP contribution in [0.1, 0.15) is 164 Å². The van der Waals surface area contributed by atoms with Crippen molar-refractivity contribution < 1.29 is 67.7 Å². The Labute approximate surface area is 407 Å². The molecular weight excluding hydrogens is 879 g/mol. The van der Waals surface area contributed by atoms with Crippen molar-refractivity contribution in [2.24, 2.45) is 11.3 Å². The lowest BCUT2D eigenvalue weighted by molar-refractivity contribution is -0.153. The Balaban J connectivity index is 1.46. The van der Waals surface area contributed by atoms with Crippen LogP contribution >= 0.6 is 0 Å². The van der Waals surface area contributed by atoms with Gasteiger partial charge in [0.2, 0.25) is 17.7 Å². The number of hydrogen-bond acceptors (Lipinski definition) is 14. The van der Waals surface area contributed by atoms with Crippen LogP contribution < -0.4 is 0 Å². The fraction of sp³-hybridized carbons (Fsp3) is 0.902. The number of unbranched alkanes of at least 4 members (excludes halogenated alkanes) is 1. The van der Waals surface area contributed by atoms with Crippen LogP contribution in [0, 0.1) is 11.3 Å². The molecule has 3 aliphatic heterocycles. The van der Waals surface area contributed by atoms with Gasteiger partial charge in [-0.05, 0) is 103 Å². The number of ether oxygens (including phenoxy) is 6. The maximum absolute atomic E-state index is 13.1. The van der Waals surface area contributed by atoms with Gasteiger partial charge in [0.1, 0.15) is 18.8 Å². The molecule has 68 heavy (non-hydrogen) atoms. The van der Waals surface area contributed by atoms with Gasteiger partial charge in [-0.3, -0.25) is 24.0 Å². The quantitative estimate of drug-likeness (QED) is 0.0524. The third kappa shape index (κ3) is 21.6. The average Bonchev–Trinajstić information content (AvgIpc) is 4.07. The molecule has 0 aromatic heterocycles. The monoisotopic (exact) mass is 970 g/mol. The molecule has 17 heteroatoms. The molecule has 3 N–H and O–H groups in total. The number of nitrogens with zero attached hydrogens (tertiary/aromatic N) is 3. The van der Waals surface area contributed by atoms with Crippen LogP contribution in [0.2, 0.25) is 0 Å². The Morgan fingerprint density at radius 3 is 1.56 bits per heavy atom. The summed E-state index contributed by atoms with van der Waals surface area (Å²) in [6.45, 7) is 14.9. The van der Waals surface area contributed by atoms with Crippen LogP contribution in [0.3, 0.4) is 0 Å². The predicted octanol–water partition coefficient (Wildman–Crippen LogP) is 5.36. The molecule has 0 aliphatic carbocycles. The number of hydrogen-bond donors (Lipinski definition) is 3. The van der Waals surface area contributed by atoms with Gasteiger partial charge in [0.05, 0.1) is 56.6 Å². The Kier molecular flexibility index (Phi) is 28.7. The lowest BCUT2D eigenvalue weighted by Gasteiger charge is -2.32. The van der Waals surface area contributed by atoms with Gasteiger partial charge in [0.25, 0.3) is 0 Å². The second-order valence-electron chi connectivity index (χ2n) is 19.8. The molecule has 0 aromatic rings. The van der Waals surface area contributed by atoms with Crippen LogP contribution in [0.5, 0.6) is 0 Å². The second-order valence-corrected chi connectivity index (χ2v) is 19.8. The van der Waals surface area contributed by atoms with E-state index in [0.29, 0.717) is 71.3 Å². The van der Waals surface area contributed by atoms with Gasteiger partial charge in [-0.1, -0.05) is 27.7 Å². The molecule has 394 valence electrons. The molecule has 0 radical (unpaired) electrons. The van der Waals surface area contributed by atoms with Gasteiger partial charge in [0, 0.05) is 90.2 Å².